The Labute approximate surface area is 248 Å². The van der Waals surface area contributed by atoms with E-state index in [4.69, 9.17) is 0 Å². The lowest BCUT2D eigenvalue weighted by molar-refractivity contribution is 0.482. The third kappa shape index (κ3) is 6.72. The van der Waals surface area contributed by atoms with E-state index >= 15 is 0 Å². The van der Waals surface area contributed by atoms with Crippen LogP contribution in [0.2, 0.25) is 0 Å². The van der Waals surface area contributed by atoms with Gasteiger partial charge in [-0.1, -0.05) is 13.8 Å². The van der Waals surface area contributed by atoms with E-state index in [1.54, 1.807) is 32.2 Å². The summed E-state index contributed by atoms with van der Waals surface area (Å²) in [7, 11) is -10.4. The zero-order chi connectivity index (χ0) is 31.6. The molecule has 0 spiro atoms. The number of azo groups is 2. The summed E-state index contributed by atoms with van der Waals surface area (Å²) in [6.07, 6.45) is 0. The van der Waals surface area contributed by atoms with Gasteiger partial charge in [-0.3, -0.25) is 4.55 Å². The topological polar surface area (TPSA) is 204 Å². The number of nitrogens with zero attached hydrogens (tertiary/aromatic N) is 4. The van der Waals surface area contributed by atoms with Crippen molar-refractivity contribution in [1.82, 2.24) is 0 Å². The highest BCUT2D eigenvalue weighted by molar-refractivity contribution is 7.91. The molecule has 4 rings (SSSR count). The van der Waals surface area contributed by atoms with Gasteiger partial charge in [-0.15, -0.1) is 15.3 Å². The maximum absolute atomic E-state index is 12.2. The SMILES string of the molecule is CCS(=O)(=O)c1ccc(N=Nc2ccc3c(N=Nc4ccc(S(=O)(=O)CC)cc4S(=O)(=O)O)c(NC)ccc3c2O)cc1. The van der Waals surface area contributed by atoms with E-state index in [1.165, 1.54) is 43.3 Å². The molecule has 4 aromatic rings. The van der Waals surface area contributed by atoms with E-state index in [0.29, 0.717) is 22.1 Å². The van der Waals surface area contributed by atoms with Gasteiger partial charge in [0.05, 0.1) is 32.7 Å². The van der Waals surface area contributed by atoms with Crippen molar-refractivity contribution in [3.63, 3.8) is 0 Å². The normalized spacial score (nSPS) is 12.8. The largest absolute Gasteiger partial charge is 0.505 e. The Kier molecular flexibility index (Phi) is 8.96. The maximum Gasteiger partial charge on any atom is 0.296 e. The number of benzene rings is 4. The molecule has 43 heavy (non-hydrogen) atoms. The third-order valence-electron chi connectivity index (χ3n) is 6.45. The minimum Gasteiger partial charge on any atom is -0.505 e. The number of nitrogens with one attached hydrogen (secondary N) is 1. The Balaban J connectivity index is 1.75. The van der Waals surface area contributed by atoms with Gasteiger partial charge in [0.1, 0.15) is 22.0 Å². The summed E-state index contributed by atoms with van der Waals surface area (Å²) < 4.78 is 82.4. The van der Waals surface area contributed by atoms with Gasteiger partial charge in [-0.25, -0.2) is 16.8 Å². The van der Waals surface area contributed by atoms with Gasteiger partial charge in [0.15, 0.2) is 25.4 Å². The Hall–Kier alpha value is -4.25. The quantitative estimate of drug-likeness (QED) is 0.131. The first-order valence-electron chi connectivity index (χ1n) is 12.7. The van der Waals surface area contributed by atoms with Gasteiger partial charge < -0.3 is 10.4 Å². The van der Waals surface area contributed by atoms with E-state index in [-0.39, 0.29) is 44.1 Å². The Morgan fingerprint density at radius 2 is 1.23 bits per heavy atom. The van der Waals surface area contributed by atoms with Gasteiger partial charge >= 0.3 is 0 Å². The van der Waals surface area contributed by atoms with E-state index in [2.05, 4.69) is 25.8 Å². The Morgan fingerprint density at radius 3 is 1.84 bits per heavy atom. The second-order valence-electron chi connectivity index (χ2n) is 9.05. The minimum absolute atomic E-state index is 0.0348. The second kappa shape index (κ2) is 12.2. The number of rotatable bonds is 10. The smallest absolute Gasteiger partial charge is 0.296 e. The molecule has 0 fully saturated rings. The van der Waals surface area contributed by atoms with Crippen LogP contribution in [0, 0.1) is 0 Å². The summed E-state index contributed by atoms with van der Waals surface area (Å²) in [6, 6.07) is 15.2. The molecule has 16 heteroatoms. The molecule has 0 aromatic heterocycles. The van der Waals surface area contributed by atoms with Crippen molar-refractivity contribution in [3.8, 4) is 5.75 Å². The summed E-state index contributed by atoms with van der Waals surface area (Å²) >= 11 is 0. The molecule has 0 radical (unpaired) electrons. The van der Waals surface area contributed by atoms with Crippen molar-refractivity contribution in [3.05, 3.63) is 66.7 Å². The fourth-order valence-electron chi connectivity index (χ4n) is 4.00. The van der Waals surface area contributed by atoms with Crippen molar-refractivity contribution in [2.75, 3.05) is 23.9 Å². The molecular formula is C27H27N5O8S3. The van der Waals surface area contributed by atoms with E-state index < -0.39 is 34.7 Å². The summed E-state index contributed by atoms with van der Waals surface area (Å²) in [5, 5.41) is 31.0. The standard InChI is InChI=1S/C27H27N5O8S3/c1-4-41(34,35)18-8-6-17(7-9-18)29-31-24-15-11-20-21(27(24)33)12-14-23(28-3)26(20)32-30-22-13-10-19(42(36,37)5-2)16-25(22)43(38,39)40/h6-16,28,33H,4-5H2,1-3H3,(H,38,39,40). The first-order chi connectivity index (χ1) is 20.2. The van der Waals surface area contributed by atoms with Crippen molar-refractivity contribution in [1.29, 1.82) is 0 Å². The van der Waals surface area contributed by atoms with Gasteiger partial charge in [-0.2, -0.15) is 13.5 Å². The van der Waals surface area contributed by atoms with Crippen LogP contribution in [0.1, 0.15) is 13.8 Å². The predicted molar refractivity (Wildman–Crippen MR) is 162 cm³/mol. The lowest BCUT2D eigenvalue weighted by Crippen LogP contribution is -2.06. The summed E-state index contributed by atoms with van der Waals surface area (Å²) in [5.41, 5.74) is 0.842. The number of hydrogen-bond donors (Lipinski definition) is 3. The molecule has 226 valence electrons. The first kappa shape index (κ1) is 31.7. The lowest BCUT2D eigenvalue weighted by atomic mass is 10.1. The molecule has 0 saturated heterocycles. The number of hydrogen-bond acceptors (Lipinski definition) is 12. The van der Waals surface area contributed by atoms with Crippen LogP contribution in [-0.2, 0) is 29.8 Å². The predicted octanol–water partition coefficient (Wildman–Crippen LogP) is 6.25. The maximum atomic E-state index is 12.2. The fourth-order valence-corrected chi connectivity index (χ4v) is 6.51. The molecule has 0 amide bonds. The van der Waals surface area contributed by atoms with Crippen molar-refractivity contribution >= 4 is 69.0 Å². The van der Waals surface area contributed by atoms with Crippen LogP contribution in [0.3, 0.4) is 0 Å². The van der Waals surface area contributed by atoms with Crippen LogP contribution < -0.4 is 5.32 Å². The highest BCUT2D eigenvalue weighted by atomic mass is 32.2. The monoisotopic (exact) mass is 645 g/mol. The van der Waals surface area contributed by atoms with Crippen LogP contribution in [0.4, 0.5) is 28.4 Å². The molecule has 0 saturated carbocycles. The summed E-state index contributed by atoms with van der Waals surface area (Å²) in [4.78, 5) is -0.866. The highest BCUT2D eigenvalue weighted by Gasteiger charge is 2.21. The molecule has 13 nitrogen and oxygen atoms in total. The summed E-state index contributed by atoms with van der Waals surface area (Å²) in [6.45, 7) is 2.95. The molecule has 4 aromatic carbocycles. The number of aromatic hydroxyl groups is 1. The van der Waals surface area contributed by atoms with Crippen LogP contribution in [0.5, 0.6) is 5.75 Å². The van der Waals surface area contributed by atoms with Crippen LogP contribution in [0.25, 0.3) is 10.8 Å². The Morgan fingerprint density at radius 1 is 0.674 bits per heavy atom. The highest BCUT2D eigenvalue weighted by Crippen LogP contribution is 2.43. The number of anilines is 1. The van der Waals surface area contributed by atoms with Crippen molar-refractivity contribution < 1.29 is 34.9 Å². The van der Waals surface area contributed by atoms with E-state index in [9.17, 15) is 34.9 Å². The molecule has 0 unspecified atom stereocenters. The van der Waals surface area contributed by atoms with Crippen molar-refractivity contribution in [2.45, 2.75) is 28.5 Å². The molecule has 0 aliphatic carbocycles. The first-order valence-corrected chi connectivity index (χ1v) is 17.4. The molecule has 0 bridgehead atoms. The van der Waals surface area contributed by atoms with Gasteiger partial charge in [-0.05, 0) is 66.7 Å². The zero-order valence-electron chi connectivity index (χ0n) is 23.1. The Bertz CT molecular complexity index is 2090. The van der Waals surface area contributed by atoms with Crippen molar-refractivity contribution in [2.24, 2.45) is 20.5 Å². The third-order valence-corrected chi connectivity index (χ3v) is 10.8. The summed E-state index contributed by atoms with van der Waals surface area (Å²) in [5.74, 6) is -0.549. The molecule has 0 aliphatic rings. The zero-order valence-corrected chi connectivity index (χ0v) is 25.6. The number of fused-ring (bicyclic) bond motifs is 1. The van der Waals surface area contributed by atoms with Crippen LogP contribution >= 0.6 is 0 Å². The fraction of sp³-hybridized carbons (Fsp3) is 0.185. The van der Waals surface area contributed by atoms with E-state index in [1.807, 2.05) is 0 Å². The molecule has 0 heterocycles. The van der Waals surface area contributed by atoms with Gasteiger partial charge in [0, 0.05) is 17.8 Å². The van der Waals surface area contributed by atoms with Crippen LogP contribution in [-0.4, -0.2) is 53.5 Å². The van der Waals surface area contributed by atoms with Gasteiger partial charge in [0.25, 0.3) is 10.1 Å². The van der Waals surface area contributed by atoms with Crippen LogP contribution in [0.15, 0.2) is 102 Å². The number of phenols is 1. The van der Waals surface area contributed by atoms with E-state index in [0.717, 1.165) is 12.1 Å². The second-order valence-corrected chi connectivity index (χ2v) is 15.0. The lowest BCUT2D eigenvalue weighted by Gasteiger charge is -2.11. The average Bonchev–Trinajstić information content (AvgIpc) is 2.99. The minimum atomic E-state index is -4.87. The van der Waals surface area contributed by atoms with Gasteiger partial charge in [0.2, 0.25) is 0 Å². The number of phenolic OH excluding ortho intramolecular Hbond substituents is 1. The molecule has 0 atom stereocenters. The number of sulfone groups is 2. The molecular weight excluding hydrogens is 619 g/mol. The molecule has 3 N–H and O–H groups in total. The average molecular weight is 646 g/mol. The molecule has 0 aliphatic heterocycles.